The summed E-state index contributed by atoms with van der Waals surface area (Å²) >= 11 is 0. The minimum absolute atomic E-state index is 0.113. The van der Waals surface area contributed by atoms with Crippen molar-refractivity contribution < 1.29 is 19.4 Å². The quantitative estimate of drug-likeness (QED) is 0.857. The second-order valence-corrected chi connectivity index (χ2v) is 7.77. The van der Waals surface area contributed by atoms with Crippen molar-refractivity contribution >= 4 is 11.7 Å². The molecule has 1 unspecified atom stereocenters. The first-order valence-electron chi connectivity index (χ1n) is 9.07. The molecular formula is C22H24N2O4. The van der Waals surface area contributed by atoms with Crippen molar-refractivity contribution in [2.75, 3.05) is 7.11 Å². The average Bonchev–Trinajstić information content (AvgIpc) is 2.92. The van der Waals surface area contributed by atoms with Crippen LogP contribution in [0.3, 0.4) is 0 Å². The predicted molar refractivity (Wildman–Crippen MR) is 105 cm³/mol. The van der Waals surface area contributed by atoms with E-state index >= 15 is 0 Å². The zero-order chi connectivity index (χ0) is 20.5. The number of methoxy groups -OCH3 is 1. The van der Waals surface area contributed by atoms with Gasteiger partial charge in [0.05, 0.1) is 31.0 Å². The van der Waals surface area contributed by atoms with Gasteiger partial charge in [-0.25, -0.2) is 0 Å². The first-order chi connectivity index (χ1) is 13.2. The molecule has 0 aliphatic carbocycles. The molecule has 0 bridgehead atoms. The molecule has 0 spiro atoms. The zero-order valence-electron chi connectivity index (χ0n) is 16.5. The molecule has 0 saturated heterocycles. The van der Waals surface area contributed by atoms with E-state index in [1.165, 1.54) is 4.90 Å². The molecule has 2 heterocycles. The van der Waals surface area contributed by atoms with Crippen LogP contribution in [0.5, 0.6) is 5.75 Å². The van der Waals surface area contributed by atoms with E-state index in [0.717, 1.165) is 0 Å². The number of ketones is 1. The van der Waals surface area contributed by atoms with Crippen molar-refractivity contribution in [1.29, 1.82) is 0 Å². The van der Waals surface area contributed by atoms with Crippen LogP contribution in [0, 0.1) is 5.41 Å². The van der Waals surface area contributed by atoms with Gasteiger partial charge in [0.1, 0.15) is 5.75 Å². The second kappa shape index (κ2) is 7.46. The number of aromatic nitrogens is 1. The lowest BCUT2D eigenvalue weighted by Gasteiger charge is -2.28. The van der Waals surface area contributed by atoms with Crippen LogP contribution >= 0.6 is 0 Å². The average molecular weight is 380 g/mol. The smallest absolute Gasteiger partial charge is 0.290 e. The second-order valence-electron chi connectivity index (χ2n) is 7.77. The van der Waals surface area contributed by atoms with Crippen LogP contribution in [0.4, 0.5) is 0 Å². The number of carbonyl (C=O) groups excluding carboxylic acids is 2. The molecule has 1 amide bonds. The van der Waals surface area contributed by atoms with E-state index in [4.69, 9.17) is 4.74 Å². The van der Waals surface area contributed by atoms with Crippen molar-refractivity contribution in [2.24, 2.45) is 5.41 Å². The van der Waals surface area contributed by atoms with Gasteiger partial charge in [0.15, 0.2) is 11.5 Å². The fourth-order valence-corrected chi connectivity index (χ4v) is 3.28. The van der Waals surface area contributed by atoms with Crippen LogP contribution in [0.2, 0.25) is 0 Å². The molecular weight excluding hydrogens is 356 g/mol. The van der Waals surface area contributed by atoms with E-state index in [0.29, 0.717) is 17.0 Å². The largest absolute Gasteiger partial charge is 0.503 e. The van der Waals surface area contributed by atoms with Gasteiger partial charge in [-0.05, 0) is 29.8 Å². The van der Waals surface area contributed by atoms with Gasteiger partial charge in [-0.15, -0.1) is 0 Å². The van der Waals surface area contributed by atoms with Crippen molar-refractivity contribution in [3.05, 3.63) is 71.3 Å². The van der Waals surface area contributed by atoms with E-state index in [2.05, 4.69) is 4.98 Å². The first kappa shape index (κ1) is 19.6. The summed E-state index contributed by atoms with van der Waals surface area (Å²) in [7, 11) is 1.55. The maximum atomic E-state index is 13.1. The molecule has 3 rings (SSSR count). The number of nitrogens with zero attached hydrogens (tertiary/aromatic N) is 2. The number of rotatable bonds is 5. The molecule has 1 aliphatic rings. The topological polar surface area (TPSA) is 79.7 Å². The molecule has 1 aromatic carbocycles. The number of ether oxygens (including phenoxy) is 1. The summed E-state index contributed by atoms with van der Waals surface area (Å²) in [5.41, 5.74) is 0.727. The number of amides is 1. The van der Waals surface area contributed by atoms with E-state index in [1.54, 1.807) is 64.4 Å². The zero-order valence-corrected chi connectivity index (χ0v) is 16.5. The summed E-state index contributed by atoms with van der Waals surface area (Å²) < 4.78 is 5.31. The van der Waals surface area contributed by atoms with E-state index < -0.39 is 23.1 Å². The Morgan fingerprint density at radius 3 is 2.57 bits per heavy atom. The van der Waals surface area contributed by atoms with Crippen LogP contribution in [-0.4, -0.2) is 33.8 Å². The molecule has 6 nitrogen and oxygen atoms in total. The van der Waals surface area contributed by atoms with E-state index in [-0.39, 0.29) is 17.9 Å². The Morgan fingerprint density at radius 2 is 1.96 bits per heavy atom. The third kappa shape index (κ3) is 3.63. The summed E-state index contributed by atoms with van der Waals surface area (Å²) in [6.07, 6.45) is 1.64. The van der Waals surface area contributed by atoms with Gasteiger partial charge in [-0.2, -0.15) is 0 Å². The minimum atomic E-state index is -0.748. The normalized spacial score (nSPS) is 17.2. The third-order valence-corrected chi connectivity index (χ3v) is 4.70. The van der Waals surface area contributed by atoms with Crippen LogP contribution in [0.15, 0.2) is 60.0 Å². The van der Waals surface area contributed by atoms with E-state index in [1.807, 2.05) is 12.1 Å². The molecule has 6 heteroatoms. The van der Waals surface area contributed by atoms with Crippen LogP contribution < -0.4 is 4.74 Å². The fourth-order valence-electron chi connectivity index (χ4n) is 3.28. The number of pyridine rings is 1. The van der Waals surface area contributed by atoms with Gasteiger partial charge in [-0.1, -0.05) is 39.0 Å². The Balaban J connectivity index is 2.11. The van der Waals surface area contributed by atoms with Crippen LogP contribution in [0.25, 0.3) is 0 Å². The summed E-state index contributed by atoms with van der Waals surface area (Å²) in [5.74, 6) is -0.735. The lowest BCUT2D eigenvalue weighted by atomic mass is 9.82. The third-order valence-electron chi connectivity index (χ3n) is 4.70. The first-order valence-corrected chi connectivity index (χ1v) is 9.07. The maximum absolute atomic E-state index is 13.1. The summed E-state index contributed by atoms with van der Waals surface area (Å²) in [5, 5.41) is 10.6. The molecule has 0 saturated carbocycles. The number of aliphatic hydroxyl groups is 1. The summed E-state index contributed by atoms with van der Waals surface area (Å²) in [6, 6.07) is 11.9. The minimum Gasteiger partial charge on any atom is -0.503 e. The van der Waals surface area contributed by atoms with Crippen LogP contribution in [0.1, 0.15) is 38.1 Å². The van der Waals surface area contributed by atoms with Crippen molar-refractivity contribution in [1.82, 2.24) is 9.88 Å². The molecule has 0 fully saturated rings. The molecule has 1 aliphatic heterocycles. The van der Waals surface area contributed by atoms with Gasteiger partial charge >= 0.3 is 0 Å². The number of aliphatic hydroxyl groups excluding tert-OH is 1. The van der Waals surface area contributed by atoms with Crippen molar-refractivity contribution in [3.8, 4) is 5.75 Å². The molecule has 0 radical (unpaired) electrons. The molecule has 1 atom stereocenters. The van der Waals surface area contributed by atoms with Gasteiger partial charge in [0, 0.05) is 11.6 Å². The van der Waals surface area contributed by atoms with Gasteiger partial charge < -0.3 is 14.7 Å². The monoisotopic (exact) mass is 380 g/mol. The number of Topliss-reactive ketones (excluding diaryl/α,β-unsaturated/α-hetero) is 1. The highest BCUT2D eigenvalue weighted by atomic mass is 16.5. The lowest BCUT2D eigenvalue weighted by molar-refractivity contribution is -0.130. The number of hydrogen-bond donors (Lipinski definition) is 1. The SMILES string of the molecule is COc1cccc(C2C(C(=O)C(C)(C)C)=C(O)C(=O)N2Cc2ccccn2)c1. The molecule has 1 N–H and O–H groups in total. The highest BCUT2D eigenvalue weighted by Crippen LogP contribution is 2.42. The Bertz CT molecular complexity index is 929. The summed E-state index contributed by atoms with van der Waals surface area (Å²) in [4.78, 5) is 31.8. The lowest BCUT2D eigenvalue weighted by Crippen LogP contribution is -2.32. The van der Waals surface area contributed by atoms with Gasteiger partial charge in [0.2, 0.25) is 0 Å². The van der Waals surface area contributed by atoms with Crippen molar-refractivity contribution in [2.45, 2.75) is 33.4 Å². The Kier molecular flexibility index (Phi) is 5.23. The molecule has 28 heavy (non-hydrogen) atoms. The highest BCUT2D eigenvalue weighted by Gasteiger charge is 2.46. The number of hydrogen-bond acceptors (Lipinski definition) is 5. The Labute approximate surface area is 164 Å². The van der Waals surface area contributed by atoms with Crippen molar-refractivity contribution in [3.63, 3.8) is 0 Å². The van der Waals surface area contributed by atoms with Gasteiger partial charge in [-0.3, -0.25) is 14.6 Å². The Hall–Kier alpha value is -3.15. The predicted octanol–water partition coefficient (Wildman–Crippen LogP) is 3.60. The molecule has 146 valence electrons. The highest BCUT2D eigenvalue weighted by molar-refractivity contribution is 6.10. The summed E-state index contributed by atoms with van der Waals surface area (Å²) in [6.45, 7) is 5.48. The number of carbonyl (C=O) groups is 2. The maximum Gasteiger partial charge on any atom is 0.290 e. The molecule has 1 aromatic heterocycles. The van der Waals surface area contributed by atoms with Crippen LogP contribution in [-0.2, 0) is 16.1 Å². The fraction of sp³-hybridized carbons (Fsp3) is 0.318. The Morgan fingerprint density at radius 1 is 1.21 bits per heavy atom. The van der Waals surface area contributed by atoms with E-state index in [9.17, 15) is 14.7 Å². The van der Waals surface area contributed by atoms with Gasteiger partial charge in [0.25, 0.3) is 5.91 Å². The molecule has 2 aromatic rings. The standard InChI is InChI=1S/C22H24N2O4/c1-22(2,3)20(26)17-18(14-8-7-10-16(12-14)28-4)24(21(27)19(17)25)13-15-9-5-6-11-23-15/h5-12,18,25H,13H2,1-4H3. The number of benzene rings is 1.